The molecule has 0 bridgehead atoms. The van der Waals surface area contributed by atoms with E-state index in [0.29, 0.717) is 5.92 Å². The fourth-order valence-corrected chi connectivity index (χ4v) is 2.54. The minimum atomic E-state index is 0.210. The standard InChI is InChI=1S/C14H21NO3/c1-15(4-5-16)9-11-6-10-7-13(17-2)14(18-3)8-12(10)11/h7-8,11,16H,4-6,9H2,1-3H3/t11-/m1/s1. The molecule has 0 aromatic heterocycles. The van der Waals surface area contributed by atoms with Crippen LogP contribution in [0.25, 0.3) is 0 Å². The summed E-state index contributed by atoms with van der Waals surface area (Å²) in [4.78, 5) is 2.16. The van der Waals surface area contributed by atoms with Crippen LogP contribution < -0.4 is 9.47 Å². The summed E-state index contributed by atoms with van der Waals surface area (Å²) in [5.41, 5.74) is 2.69. The van der Waals surface area contributed by atoms with Gasteiger partial charge in [-0.25, -0.2) is 0 Å². The van der Waals surface area contributed by atoms with Gasteiger partial charge in [-0.3, -0.25) is 0 Å². The maximum absolute atomic E-state index is 8.91. The van der Waals surface area contributed by atoms with Crippen LogP contribution in [-0.4, -0.2) is 51.0 Å². The predicted octanol–water partition coefficient (Wildman–Crippen LogP) is 1.27. The number of methoxy groups -OCH3 is 2. The van der Waals surface area contributed by atoms with Gasteiger partial charge >= 0.3 is 0 Å². The van der Waals surface area contributed by atoms with Crippen LogP contribution in [0.15, 0.2) is 12.1 Å². The number of ether oxygens (including phenoxy) is 2. The highest BCUT2D eigenvalue weighted by Crippen LogP contribution is 2.42. The lowest BCUT2D eigenvalue weighted by atomic mass is 9.77. The summed E-state index contributed by atoms with van der Waals surface area (Å²) in [6.07, 6.45) is 1.07. The molecule has 0 unspecified atom stereocenters. The van der Waals surface area contributed by atoms with Gasteiger partial charge in [-0.15, -0.1) is 0 Å². The van der Waals surface area contributed by atoms with Crippen LogP contribution in [0.3, 0.4) is 0 Å². The van der Waals surface area contributed by atoms with E-state index in [-0.39, 0.29) is 6.61 Å². The fourth-order valence-electron chi connectivity index (χ4n) is 2.54. The number of hydrogen-bond donors (Lipinski definition) is 1. The van der Waals surface area contributed by atoms with Gasteiger partial charge in [0.1, 0.15) is 0 Å². The van der Waals surface area contributed by atoms with E-state index in [9.17, 15) is 0 Å². The molecule has 0 amide bonds. The highest BCUT2D eigenvalue weighted by Gasteiger charge is 2.29. The molecule has 1 aliphatic carbocycles. The largest absolute Gasteiger partial charge is 0.493 e. The molecule has 0 saturated heterocycles. The van der Waals surface area contributed by atoms with Crippen molar-refractivity contribution in [1.82, 2.24) is 4.90 Å². The van der Waals surface area contributed by atoms with Gasteiger partial charge in [-0.1, -0.05) is 0 Å². The normalized spacial score (nSPS) is 17.3. The molecule has 2 rings (SSSR count). The van der Waals surface area contributed by atoms with Crippen molar-refractivity contribution < 1.29 is 14.6 Å². The molecule has 0 fully saturated rings. The molecule has 1 aromatic rings. The van der Waals surface area contributed by atoms with E-state index >= 15 is 0 Å². The molecule has 0 aliphatic heterocycles. The lowest BCUT2D eigenvalue weighted by molar-refractivity contribution is 0.210. The second kappa shape index (κ2) is 5.59. The van der Waals surface area contributed by atoms with E-state index in [1.54, 1.807) is 14.2 Å². The summed E-state index contributed by atoms with van der Waals surface area (Å²) in [6.45, 7) is 1.91. The molecule has 0 heterocycles. The van der Waals surface area contributed by atoms with E-state index < -0.39 is 0 Å². The third-order valence-electron chi connectivity index (χ3n) is 3.57. The average molecular weight is 251 g/mol. The van der Waals surface area contributed by atoms with Crippen LogP contribution in [-0.2, 0) is 6.42 Å². The molecule has 0 saturated carbocycles. The Morgan fingerprint density at radius 3 is 2.56 bits per heavy atom. The summed E-state index contributed by atoms with van der Waals surface area (Å²) in [6, 6.07) is 4.14. The van der Waals surface area contributed by atoms with E-state index in [0.717, 1.165) is 31.0 Å². The molecule has 18 heavy (non-hydrogen) atoms. The average Bonchev–Trinajstić information content (AvgIpc) is 2.35. The summed E-state index contributed by atoms with van der Waals surface area (Å²) >= 11 is 0. The van der Waals surface area contributed by atoms with Gasteiger partial charge in [0.15, 0.2) is 11.5 Å². The zero-order valence-electron chi connectivity index (χ0n) is 11.3. The molecular weight excluding hydrogens is 230 g/mol. The molecule has 0 radical (unpaired) electrons. The Kier molecular flexibility index (Phi) is 4.09. The molecular formula is C14H21NO3. The van der Waals surface area contributed by atoms with Gasteiger partial charge in [0.2, 0.25) is 0 Å². The first-order valence-corrected chi connectivity index (χ1v) is 6.23. The van der Waals surface area contributed by atoms with E-state index in [1.165, 1.54) is 11.1 Å². The van der Waals surface area contributed by atoms with Gasteiger partial charge in [-0.05, 0) is 36.7 Å². The number of nitrogens with zero attached hydrogens (tertiary/aromatic N) is 1. The minimum Gasteiger partial charge on any atom is -0.493 e. The second-order valence-electron chi connectivity index (χ2n) is 4.79. The summed E-state index contributed by atoms with van der Waals surface area (Å²) in [7, 11) is 5.36. The number of rotatable bonds is 6. The lowest BCUT2D eigenvalue weighted by Gasteiger charge is -2.34. The van der Waals surface area contributed by atoms with Crippen LogP contribution in [0, 0.1) is 0 Å². The van der Waals surface area contributed by atoms with Crippen molar-refractivity contribution in [3.8, 4) is 11.5 Å². The topological polar surface area (TPSA) is 41.9 Å². The smallest absolute Gasteiger partial charge is 0.161 e. The molecule has 4 heteroatoms. The molecule has 1 aromatic carbocycles. The molecule has 1 atom stereocenters. The number of benzene rings is 1. The Hall–Kier alpha value is -1.26. The van der Waals surface area contributed by atoms with Crippen molar-refractivity contribution in [2.24, 2.45) is 0 Å². The fraction of sp³-hybridized carbons (Fsp3) is 0.571. The monoisotopic (exact) mass is 251 g/mol. The summed E-state index contributed by atoms with van der Waals surface area (Å²) < 4.78 is 10.6. The highest BCUT2D eigenvalue weighted by molar-refractivity contribution is 5.53. The number of likely N-dealkylation sites (N-methyl/N-ethyl adjacent to an activating group) is 1. The highest BCUT2D eigenvalue weighted by atomic mass is 16.5. The maximum atomic E-state index is 8.91. The number of aliphatic hydroxyl groups excluding tert-OH is 1. The zero-order chi connectivity index (χ0) is 13.1. The molecule has 1 aliphatic rings. The first-order chi connectivity index (χ1) is 8.69. The second-order valence-corrected chi connectivity index (χ2v) is 4.79. The Labute approximate surface area is 108 Å². The molecule has 0 spiro atoms. The van der Waals surface area contributed by atoms with E-state index in [2.05, 4.69) is 17.0 Å². The molecule has 4 nitrogen and oxygen atoms in total. The van der Waals surface area contributed by atoms with Crippen LogP contribution in [0.2, 0.25) is 0 Å². The SMILES string of the molecule is COc1cc2c(cc1OC)[C@@H](CN(C)CCO)C2. The summed E-state index contributed by atoms with van der Waals surface area (Å²) in [5, 5.41) is 8.91. The van der Waals surface area contributed by atoms with Crippen molar-refractivity contribution in [2.75, 3.05) is 41.0 Å². The third kappa shape index (κ3) is 2.44. The number of aliphatic hydroxyl groups is 1. The van der Waals surface area contributed by atoms with Gasteiger partial charge in [0.25, 0.3) is 0 Å². The quantitative estimate of drug-likeness (QED) is 0.826. The van der Waals surface area contributed by atoms with Crippen molar-refractivity contribution >= 4 is 0 Å². The van der Waals surface area contributed by atoms with E-state index in [4.69, 9.17) is 14.6 Å². The van der Waals surface area contributed by atoms with Crippen molar-refractivity contribution in [3.05, 3.63) is 23.3 Å². The molecule has 100 valence electrons. The van der Waals surface area contributed by atoms with Gasteiger partial charge in [0.05, 0.1) is 20.8 Å². The molecule has 1 N–H and O–H groups in total. The van der Waals surface area contributed by atoms with E-state index in [1.807, 2.05) is 7.05 Å². The minimum absolute atomic E-state index is 0.210. The van der Waals surface area contributed by atoms with Crippen LogP contribution in [0.5, 0.6) is 11.5 Å². The van der Waals surface area contributed by atoms with Crippen LogP contribution in [0.1, 0.15) is 17.0 Å². The van der Waals surface area contributed by atoms with Crippen molar-refractivity contribution in [3.63, 3.8) is 0 Å². The van der Waals surface area contributed by atoms with Crippen molar-refractivity contribution in [2.45, 2.75) is 12.3 Å². The zero-order valence-corrected chi connectivity index (χ0v) is 11.3. The Morgan fingerprint density at radius 1 is 1.28 bits per heavy atom. The third-order valence-corrected chi connectivity index (χ3v) is 3.57. The maximum Gasteiger partial charge on any atom is 0.161 e. The first kappa shape index (κ1) is 13.2. The van der Waals surface area contributed by atoms with Crippen LogP contribution in [0.4, 0.5) is 0 Å². The Balaban J connectivity index is 2.10. The van der Waals surface area contributed by atoms with Gasteiger partial charge in [0, 0.05) is 19.0 Å². The van der Waals surface area contributed by atoms with Gasteiger partial charge in [-0.2, -0.15) is 0 Å². The number of hydrogen-bond acceptors (Lipinski definition) is 4. The van der Waals surface area contributed by atoms with Gasteiger partial charge < -0.3 is 19.5 Å². The number of fused-ring (bicyclic) bond motifs is 1. The summed E-state index contributed by atoms with van der Waals surface area (Å²) in [5.74, 6) is 2.14. The Bertz CT molecular complexity index is 420. The first-order valence-electron chi connectivity index (χ1n) is 6.23. The lowest BCUT2D eigenvalue weighted by Crippen LogP contribution is -2.32. The van der Waals surface area contributed by atoms with Crippen LogP contribution >= 0.6 is 0 Å². The van der Waals surface area contributed by atoms with Crippen molar-refractivity contribution in [1.29, 1.82) is 0 Å². The predicted molar refractivity (Wildman–Crippen MR) is 70.6 cm³/mol. The Morgan fingerprint density at radius 2 is 1.94 bits per heavy atom.